The molecule has 0 aliphatic rings. The smallest absolute Gasteiger partial charge is 0.275 e. The molecule has 29 heavy (non-hydrogen) atoms. The minimum atomic E-state index is -0.369. The third-order valence-corrected chi connectivity index (χ3v) is 4.16. The summed E-state index contributed by atoms with van der Waals surface area (Å²) in [5.74, 6) is 2.11. The van der Waals surface area contributed by atoms with E-state index in [0.717, 1.165) is 11.3 Å². The average Bonchev–Trinajstić information content (AvgIpc) is 2.78. The monoisotopic (exact) mass is 394 g/mol. The number of amides is 1. The third-order valence-electron chi connectivity index (χ3n) is 4.16. The standard InChI is InChI=1S/C21H22N4O4/c1-27-16-7-4-14(5-8-16)11-23-20-13-22-17(12-24-20)21(26)25-15-6-9-18(28-2)19(10-15)29-3/h4-10,12-13H,11H2,1-3H3,(H,23,24)(H,25,26). The highest BCUT2D eigenvalue weighted by Crippen LogP contribution is 2.29. The van der Waals surface area contributed by atoms with Gasteiger partial charge in [-0.3, -0.25) is 4.79 Å². The van der Waals surface area contributed by atoms with Gasteiger partial charge < -0.3 is 24.8 Å². The first-order chi connectivity index (χ1) is 14.1. The van der Waals surface area contributed by atoms with E-state index in [-0.39, 0.29) is 11.6 Å². The Morgan fingerprint density at radius 3 is 2.28 bits per heavy atom. The van der Waals surface area contributed by atoms with Crippen molar-refractivity contribution < 1.29 is 19.0 Å². The molecule has 0 fully saturated rings. The molecule has 0 saturated carbocycles. The molecule has 0 radical (unpaired) electrons. The Balaban J connectivity index is 1.59. The number of aromatic nitrogens is 2. The number of anilines is 2. The van der Waals surface area contributed by atoms with Crippen LogP contribution in [0.15, 0.2) is 54.9 Å². The number of hydrogen-bond acceptors (Lipinski definition) is 7. The van der Waals surface area contributed by atoms with E-state index in [1.54, 1.807) is 32.4 Å². The van der Waals surface area contributed by atoms with E-state index < -0.39 is 0 Å². The molecule has 0 aliphatic heterocycles. The summed E-state index contributed by atoms with van der Waals surface area (Å²) in [5, 5.41) is 5.93. The quantitative estimate of drug-likeness (QED) is 0.605. The molecule has 2 aromatic carbocycles. The van der Waals surface area contributed by atoms with Crippen molar-refractivity contribution in [2.75, 3.05) is 32.0 Å². The zero-order valence-electron chi connectivity index (χ0n) is 16.4. The van der Waals surface area contributed by atoms with Crippen molar-refractivity contribution in [2.45, 2.75) is 6.54 Å². The second-order valence-electron chi connectivity index (χ2n) is 6.01. The molecule has 8 heteroatoms. The highest BCUT2D eigenvalue weighted by atomic mass is 16.5. The Kier molecular flexibility index (Phi) is 6.47. The number of rotatable bonds is 8. The van der Waals surface area contributed by atoms with Crippen LogP contribution in [0.5, 0.6) is 17.2 Å². The number of benzene rings is 2. The van der Waals surface area contributed by atoms with Crippen molar-refractivity contribution in [3.05, 3.63) is 66.1 Å². The van der Waals surface area contributed by atoms with Crippen molar-refractivity contribution in [1.29, 1.82) is 0 Å². The Morgan fingerprint density at radius 1 is 0.897 bits per heavy atom. The topological polar surface area (TPSA) is 94.6 Å². The van der Waals surface area contributed by atoms with Gasteiger partial charge in [-0.15, -0.1) is 0 Å². The van der Waals surface area contributed by atoms with Gasteiger partial charge in [0.25, 0.3) is 5.91 Å². The van der Waals surface area contributed by atoms with Gasteiger partial charge in [-0.2, -0.15) is 0 Å². The van der Waals surface area contributed by atoms with E-state index >= 15 is 0 Å². The van der Waals surface area contributed by atoms with Gasteiger partial charge in [0.15, 0.2) is 11.5 Å². The summed E-state index contributed by atoms with van der Waals surface area (Å²) in [6.07, 6.45) is 2.94. The number of hydrogen-bond donors (Lipinski definition) is 2. The lowest BCUT2D eigenvalue weighted by Gasteiger charge is -2.10. The van der Waals surface area contributed by atoms with Crippen molar-refractivity contribution in [1.82, 2.24) is 9.97 Å². The van der Waals surface area contributed by atoms with Crippen molar-refractivity contribution >= 4 is 17.4 Å². The van der Waals surface area contributed by atoms with Crippen LogP contribution >= 0.6 is 0 Å². The van der Waals surface area contributed by atoms with E-state index in [2.05, 4.69) is 20.6 Å². The van der Waals surface area contributed by atoms with E-state index in [9.17, 15) is 4.79 Å². The molecule has 0 bridgehead atoms. The molecule has 3 rings (SSSR count). The van der Waals surface area contributed by atoms with E-state index in [1.165, 1.54) is 19.5 Å². The fourth-order valence-corrected chi connectivity index (χ4v) is 2.58. The number of carbonyl (C=O) groups excluding carboxylic acids is 1. The van der Waals surface area contributed by atoms with Crippen LogP contribution in [-0.2, 0) is 6.54 Å². The largest absolute Gasteiger partial charge is 0.497 e. The number of methoxy groups -OCH3 is 3. The number of nitrogens with zero attached hydrogens (tertiary/aromatic N) is 2. The Labute approximate surface area is 168 Å². The van der Waals surface area contributed by atoms with Gasteiger partial charge in [-0.25, -0.2) is 9.97 Å². The Bertz CT molecular complexity index is 959. The average molecular weight is 394 g/mol. The molecule has 0 atom stereocenters. The minimum Gasteiger partial charge on any atom is -0.497 e. The fraction of sp³-hybridized carbons (Fsp3) is 0.190. The fourth-order valence-electron chi connectivity index (χ4n) is 2.58. The summed E-state index contributed by atoms with van der Waals surface area (Å²) in [7, 11) is 4.72. The lowest BCUT2D eigenvalue weighted by molar-refractivity contribution is 0.102. The first-order valence-corrected chi connectivity index (χ1v) is 8.85. The van der Waals surface area contributed by atoms with Crippen LogP contribution in [0, 0.1) is 0 Å². The molecule has 0 unspecified atom stereocenters. The first-order valence-electron chi connectivity index (χ1n) is 8.85. The predicted octanol–water partition coefficient (Wildman–Crippen LogP) is 3.37. The molecular weight excluding hydrogens is 372 g/mol. The third kappa shape index (κ3) is 5.13. The van der Waals surface area contributed by atoms with Gasteiger partial charge in [0.2, 0.25) is 0 Å². The Hall–Kier alpha value is -3.81. The van der Waals surface area contributed by atoms with E-state index in [0.29, 0.717) is 29.5 Å². The maximum absolute atomic E-state index is 12.4. The second-order valence-corrected chi connectivity index (χ2v) is 6.01. The summed E-state index contributed by atoms with van der Waals surface area (Å²) in [4.78, 5) is 20.8. The van der Waals surface area contributed by atoms with Crippen LogP contribution in [-0.4, -0.2) is 37.2 Å². The van der Waals surface area contributed by atoms with Gasteiger partial charge in [0.1, 0.15) is 17.3 Å². The molecule has 0 aliphatic carbocycles. The predicted molar refractivity (Wildman–Crippen MR) is 110 cm³/mol. The molecular formula is C21H22N4O4. The van der Waals surface area contributed by atoms with Crippen molar-refractivity contribution in [2.24, 2.45) is 0 Å². The highest BCUT2D eigenvalue weighted by Gasteiger charge is 2.11. The summed E-state index contributed by atoms with van der Waals surface area (Å²) in [5.41, 5.74) is 1.84. The number of ether oxygens (including phenoxy) is 3. The van der Waals surface area contributed by atoms with Crippen LogP contribution in [0.4, 0.5) is 11.5 Å². The van der Waals surface area contributed by atoms with Crippen molar-refractivity contribution in [3.63, 3.8) is 0 Å². The lowest BCUT2D eigenvalue weighted by atomic mass is 10.2. The molecule has 150 valence electrons. The SMILES string of the molecule is COc1ccc(CNc2cnc(C(=O)Nc3ccc(OC)c(OC)c3)cn2)cc1. The second kappa shape index (κ2) is 9.41. The lowest BCUT2D eigenvalue weighted by Crippen LogP contribution is -2.14. The molecule has 1 heterocycles. The van der Waals surface area contributed by atoms with Crippen LogP contribution < -0.4 is 24.8 Å². The zero-order valence-corrected chi connectivity index (χ0v) is 16.4. The number of nitrogens with one attached hydrogen (secondary N) is 2. The molecule has 8 nitrogen and oxygen atoms in total. The van der Waals surface area contributed by atoms with Gasteiger partial charge >= 0.3 is 0 Å². The van der Waals surface area contributed by atoms with Crippen LogP contribution in [0.2, 0.25) is 0 Å². The highest BCUT2D eigenvalue weighted by molar-refractivity contribution is 6.02. The van der Waals surface area contributed by atoms with E-state index in [1.807, 2.05) is 24.3 Å². The van der Waals surface area contributed by atoms with Crippen LogP contribution in [0.1, 0.15) is 16.1 Å². The Morgan fingerprint density at radius 2 is 1.66 bits per heavy atom. The maximum Gasteiger partial charge on any atom is 0.275 e. The van der Waals surface area contributed by atoms with Gasteiger partial charge in [0.05, 0.1) is 33.7 Å². The molecule has 3 aromatic rings. The molecule has 0 spiro atoms. The molecule has 2 N–H and O–H groups in total. The van der Waals surface area contributed by atoms with Gasteiger partial charge in [0, 0.05) is 18.3 Å². The zero-order chi connectivity index (χ0) is 20.6. The first kappa shape index (κ1) is 19.9. The molecule has 0 saturated heterocycles. The van der Waals surface area contributed by atoms with E-state index in [4.69, 9.17) is 14.2 Å². The van der Waals surface area contributed by atoms with Crippen LogP contribution in [0.25, 0.3) is 0 Å². The normalized spacial score (nSPS) is 10.2. The summed E-state index contributed by atoms with van der Waals surface area (Å²) in [6.45, 7) is 0.579. The molecule has 1 aromatic heterocycles. The van der Waals surface area contributed by atoms with Crippen molar-refractivity contribution in [3.8, 4) is 17.2 Å². The van der Waals surface area contributed by atoms with Gasteiger partial charge in [-0.05, 0) is 29.8 Å². The maximum atomic E-state index is 12.4. The summed E-state index contributed by atoms with van der Waals surface area (Å²) < 4.78 is 15.6. The minimum absolute atomic E-state index is 0.204. The van der Waals surface area contributed by atoms with Crippen LogP contribution in [0.3, 0.4) is 0 Å². The summed E-state index contributed by atoms with van der Waals surface area (Å²) in [6, 6.07) is 12.8. The molecule has 1 amide bonds. The van der Waals surface area contributed by atoms with Gasteiger partial charge in [-0.1, -0.05) is 12.1 Å². The number of carbonyl (C=O) groups is 1. The summed E-state index contributed by atoms with van der Waals surface area (Å²) >= 11 is 0.